The molecule has 0 fully saturated rings. The molecular formula is C17H21N3O4S. The SMILES string of the molecule is CCCOc1ccc(/C=N/Nc2nc(C)c(C(=O)OC)s2)cc1OC. The fourth-order valence-electron chi connectivity index (χ4n) is 1.98. The molecule has 0 spiro atoms. The van der Waals surface area contributed by atoms with E-state index in [0.717, 1.165) is 12.0 Å². The maximum Gasteiger partial charge on any atom is 0.350 e. The third-order valence-corrected chi connectivity index (χ3v) is 4.23. The lowest BCUT2D eigenvalue weighted by Crippen LogP contribution is -1.99. The van der Waals surface area contributed by atoms with E-state index in [9.17, 15) is 4.79 Å². The van der Waals surface area contributed by atoms with E-state index in [-0.39, 0.29) is 0 Å². The number of esters is 1. The summed E-state index contributed by atoms with van der Waals surface area (Å²) < 4.78 is 15.7. The normalized spacial score (nSPS) is 10.7. The molecule has 0 saturated carbocycles. The van der Waals surface area contributed by atoms with Crippen molar-refractivity contribution >= 4 is 28.7 Å². The van der Waals surface area contributed by atoms with Crippen LogP contribution in [0.1, 0.15) is 34.3 Å². The minimum atomic E-state index is -0.403. The minimum Gasteiger partial charge on any atom is -0.493 e. The van der Waals surface area contributed by atoms with Crippen molar-refractivity contribution in [2.45, 2.75) is 20.3 Å². The summed E-state index contributed by atoms with van der Waals surface area (Å²) in [6.45, 7) is 4.43. The smallest absolute Gasteiger partial charge is 0.350 e. The van der Waals surface area contributed by atoms with Gasteiger partial charge in [-0.15, -0.1) is 0 Å². The van der Waals surface area contributed by atoms with Gasteiger partial charge in [-0.2, -0.15) is 5.10 Å². The number of benzene rings is 1. The molecule has 7 nitrogen and oxygen atoms in total. The number of nitrogens with zero attached hydrogens (tertiary/aromatic N) is 2. The Morgan fingerprint density at radius 3 is 2.84 bits per heavy atom. The summed E-state index contributed by atoms with van der Waals surface area (Å²) in [7, 11) is 2.94. The van der Waals surface area contributed by atoms with E-state index in [1.807, 2.05) is 25.1 Å². The maximum atomic E-state index is 11.6. The van der Waals surface area contributed by atoms with Crippen molar-refractivity contribution in [3.8, 4) is 11.5 Å². The number of aryl methyl sites for hydroxylation is 1. The van der Waals surface area contributed by atoms with E-state index in [0.29, 0.717) is 33.8 Å². The van der Waals surface area contributed by atoms with Gasteiger partial charge >= 0.3 is 5.97 Å². The zero-order valence-electron chi connectivity index (χ0n) is 14.7. The molecule has 25 heavy (non-hydrogen) atoms. The second-order valence-corrected chi connectivity index (χ2v) is 6.05. The number of nitrogens with one attached hydrogen (secondary N) is 1. The van der Waals surface area contributed by atoms with Gasteiger partial charge in [-0.05, 0) is 37.1 Å². The van der Waals surface area contributed by atoms with Crippen LogP contribution in [0, 0.1) is 6.92 Å². The topological polar surface area (TPSA) is 82.0 Å². The van der Waals surface area contributed by atoms with Crippen LogP contribution >= 0.6 is 11.3 Å². The van der Waals surface area contributed by atoms with Crippen LogP contribution in [0.4, 0.5) is 5.13 Å². The lowest BCUT2D eigenvalue weighted by atomic mass is 10.2. The molecule has 2 aromatic rings. The van der Waals surface area contributed by atoms with Gasteiger partial charge in [-0.25, -0.2) is 9.78 Å². The second kappa shape index (κ2) is 9.03. The molecule has 0 bridgehead atoms. The van der Waals surface area contributed by atoms with Gasteiger partial charge in [0.25, 0.3) is 0 Å². The Morgan fingerprint density at radius 2 is 2.16 bits per heavy atom. The molecule has 0 aliphatic rings. The zero-order valence-corrected chi connectivity index (χ0v) is 15.5. The average molecular weight is 363 g/mol. The Kier molecular flexibility index (Phi) is 6.76. The second-order valence-electron chi connectivity index (χ2n) is 5.05. The Bertz CT molecular complexity index is 758. The number of hydrogen-bond acceptors (Lipinski definition) is 8. The van der Waals surface area contributed by atoms with E-state index in [2.05, 4.69) is 15.5 Å². The zero-order chi connectivity index (χ0) is 18.2. The summed E-state index contributed by atoms with van der Waals surface area (Å²) in [6.07, 6.45) is 2.57. The molecular weight excluding hydrogens is 342 g/mol. The molecule has 1 N–H and O–H groups in total. The van der Waals surface area contributed by atoms with Crippen molar-refractivity contribution in [3.05, 3.63) is 34.3 Å². The van der Waals surface area contributed by atoms with Gasteiger partial charge < -0.3 is 14.2 Å². The lowest BCUT2D eigenvalue weighted by molar-refractivity contribution is 0.0605. The van der Waals surface area contributed by atoms with Crippen LogP contribution in [0.3, 0.4) is 0 Å². The summed E-state index contributed by atoms with van der Waals surface area (Å²) in [5, 5.41) is 4.66. The molecule has 0 amide bonds. The Morgan fingerprint density at radius 1 is 1.36 bits per heavy atom. The van der Waals surface area contributed by atoms with Crippen LogP contribution < -0.4 is 14.9 Å². The van der Waals surface area contributed by atoms with E-state index in [4.69, 9.17) is 14.2 Å². The number of aromatic nitrogens is 1. The molecule has 1 aromatic carbocycles. The highest BCUT2D eigenvalue weighted by Gasteiger charge is 2.15. The number of rotatable bonds is 8. The molecule has 0 aliphatic carbocycles. The molecule has 8 heteroatoms. The molecule has 0 radical (unpaired) electrons. The van der Waals surface area contributed by atoms with Crippen molar-refractivity contribution in [1.29, 1.82) is 0 Å². The quantitative estimate of drug-likeness (QED) is 0.439. The molecule has 0 saturated heterocycles. The lowest BCUT2D eigenvalue weighted by Gasteiger charge is -2.10. The number of carbonyl (C=O) groups excluding carboxylic acids is 1. The summed E-state index contributed by atoms with van der Waals surface area (Å²) in [4.78, 5) is 16.3. The monoisotopic (exact) mass is 363 g/mol. The first-order valence-corrected chi connectivity index (χ1v) is 8.56. The largest absolute Gasteiger partial charge is 0.493 e. The summed E-state index contributed by atoms with van der Waals surface area (Å²) in [5.74, 6) is 0.947. The first-order chi connectivity index (χ1) is 12.1. The summed E-state index contributed by atoms with van der Waals surface area (Å²) in [5.41, 5.74) is 4.26. The third-order valence-electron chi connectivity index (χ3n) is 3.19. The van der Waals surface area contributed by atoms with E-state index in [1.165, 1.54) is 18.4 Å². The van der Waals surface area contributed by atoms with Gasteiger partial charge in [-0.1, -0.05) is 18.3 Å². The number of hydrogen-bond donors (Lipinski definition) is 1. The Labute approximate surface area is 150 Å². The summed E-state index contributed by atoms with van der Waals surface area (Å²) >= 11 is 1.19. The number of ether oxygens (including phenoxy) is 3. The fraction of sp³-hybridized carbons (Fsp3) is 0.353. The predicted octanol–water partition coefficient (Wildman–Crippen LogP) is 3.48. The van der Waals surface area contributed by atoms with Crippen molar-refractivity contribution < 1.29 is 19.0 Å². The van der Waals surface area contributed by atoms with E-state index >= 15 is 0 Å². The highest BCUT2D eigenvalue weighted by molar-refractivity contribution is 7.17. The molecule has 2 rings (SSSR count). The average Bonchev–Trinajstić information content (AvgIpc) is 3.00. The van der Waals surface area contributed by atoms with Crippen molar-refractivity contribution in [1.82, 2.24) is 4.98 Å². The fourth-order valence-corrected chi connectivity index (χ4v) is 2.82. The van der Waals surface area contributed by atoms with Crippen molar-refractivity contribution in [3.63, 3.8) is 0 Å². The van der Waals surface area contributed by atoms with Crippen molar-refractivity contribution in [2.75, 3.05) is 26.3 Å². The molecule has 134 valence electrons. The van der Waals surface area contributed by atoms with Crippen LogP contribution in [0.5, 0.6) is 11.5 Å². The van der Waals surface area contributed by atoms with Crippen LogP contribution in [0.15, 0.2) is 23.3 Å². The molecule has 0 unspecified atom stereocenters. The van der Waals surface area contributed by atoms with Crippen LogP contribution in [0.25, 0.3) is 0 Å². The number of carbonyl (C=O) groups is 1. The molecule has 0 aliphatic heterocycles. The maximum absolute atomic E-state index is 11.6. The van der Waals surface area contributed by atoms with Crippen LogP contribution in [-0.4, -0.2) is 38.0 Å². The van der Waals surface area contributed by atoms with Gasteiger partial charge in [-0.3, -0.25) is 5.43 Å². The van der Waals surface area contributed by atoms with Gasteiger partial charge in [0, 0.05) is 0 Å². The Hall–Kier alpha value is -2.61. The number of anilines is 1. The van der Waals surface area contributed by atoms with Crippen LogP contribution in [-0.2, 0) is 4.74 Å². The van der Waals surface area contributed by atoms with Crippen molar-refractivity contribution in [2.24, 2.45) is 5.10 Å². The van der Waals surface area contributed by atoms with Gasteiger partial charge in [0.1, 0.15) is 4.88 Å². The predicted molar refractivity (Wildman–Crippen MR) is 98.2 cm³/mol. The first-order valence-electron chi connectivity index (χ1n) is 7.74. The highest BCUT2D eigenvalue weighted by atomic mass is 32.1. The van der Waals surface area contributed by atoms with Gasteiger partial charge in [0.05, 0.1) is 32.7 Å². The summed E-state index contributed by atoms with van der Waals surface area (Å²) in [6, 6.07) is 5.56. The Balaban J connectivity index is 2.05. The minimum absolute atomic E-state index is 0.403. The van der Waals surface area contributed by atoms with Gasteiger partial charge in [0.2, 0.25) is 5.13 Å². The number of hydrazone groups is 1. The van der Waals surface area contributed by atoms with Crippen LogP contribution in [0.2, 0.25) is 0 Å². The standard InChI is InChI=1S/C17H21N3O4S/c1-5-8-24-13-7-6-12(9-14(13)22-3)10-18-20-17-19-11(2)15(25-17)16(21)23-4/h6-7,9-10H,5,8H2,1-4H3,(H,19,20)/b18-10+. The molecule has 1 aromatic heterocycles. The number of methoxy groups -OCH3 is 2. The van der Waals surface area contributed by atoms with E-state index < -0.39 is 5.97 Å². The number of thiazole rings is 1. The van der Waals surface area contributed by atoms with E-state index in [1.54, 1.807) is 20.2 Å². The molecule has 0 atom stereocenters. The first kappa shape index (κ1) is 18.7. The third kappa shape index (κ3) is 4.93. The van der Waals surface area contributed by atoms with Gasteiger partial charge in [0.15, 0.2) is 11.5 Å². The highest BCUT2D eigenvalue weighted by Crippen LogP contribution is 2.28. The molecule has 1 heterocycles.